The second-order valence-corrected chi connectivity index (χ2v) is 2.38. The van der Waals surface area contributed by atoms with E-state index >= 15 is 0 Å². The highest BCUT2D eigenvalue weighted by Gasteiger charge is 2.02. The molecule has 2 nitrogen and oxygen atoms in total. The van der Waals surface area contributed by atoms with Crippen LogP contribution in [-0.2, 0) is 4.74 Å². The second-order valence-electron chi connectivity index (χ2n) is 2.01. The average molecular weight is 150 g/mol. The van der Waals surface area contributed by atoms with Crippen molar-refractivity contribution in [3.05, 3.63) is 0 Å². The molecule has 0 spiro atoms. The third-order valence-corrected chi connectivity index (χ3v) is 1.76. The summed E-state index contributed by atoms with van der Waals surface area (Å²) in [4.78, 5) is 0. The van der Waals surface area contributed by atoms with Crippen LogP contribution < -0.4 is 0 Å². The molecule has 56 valence electrons. The third kappa shape index (κ3) is 4.75. The first-order valence-electron chi connectivity index (χ1n) is 3.05. The molecular weight excluding hydrogens is 136 g/mol. The van der Waals surface area contributed by atoms with Crippen LogP contribution in [0.4, 0.5) is 0 Å². The highest BCUT2D eigenvalue weighted by atomic mass is 32.1. The highest BCUT2D eigenvalue weighted by Crippen LogP contribution is 2.03. The van der Waals surface area contributed by atoms with Crippen molar-refractivity contribution < 1.29 is 9.84 Å². The first-order valence-corrected chi connectivity index (χ1v) is 3.69. The molecule has 1 unspecified atom stereocenters. The van der Waals surface area contributed by atoms with Gasteiger partial charge in [0.15, 0.2) is 0 Å². The fraction of sp³-hybridized carbons (Fsp3) is 1.00. The van der Waals surface area contributed by atoms with Gasteiger partial charge in [0.25, 0.3) is 0 Å². The van der Waals surface area contributed by atoms with Gasteiger partial charge in [0, 0.05) is 20.3 Å². The van der Waals surface area contributed by atoms with E-state index in [4.69, 9.17) is 9.84 Å². The minimum atomic E-state index is 0.215. The third-order valence-electron chi connectivity index (χ3n) is 1.25. The highest BCUT2D eigenvalue weighted by molar-refractivity contribution is 7.80. The van der Waals surface area contributed by atoms with Crippen LogP contribution in [0.3, 0.4) is 0 Å². The second kappa shape index (κ2) is 6.39. The zero-order valence-corrected chi connectivity index (χ0v) is 6.60. The van der Waals surface area contributed by atoms with Gasteiger partial charge in [-0.3, -0.25) is 0 Å². The van der Waals surface area contributed by atoms with Gasteiger partial charge >= 0.3 is 0 Å². The molecule has 3 heteroatoms. The lowest BCUT2D eigenvalue weighted by atomic mass is 10.1. The predicted molar refractivity (Wildman–Crippen MR) is 40.9 cm³/mol. The number of methoxy groups -OCH3 is 1. The van der Waals surface area contributed by atoms with Crippen LogP contribution in [-0.4, -0.2) is 31.2 Å². The van der Waals surface area contributed by atoms with Crippen molar-refractivity contribution in [1.82, 2.24) is 0 Å². The SMILES string of the molecule is COCCC(CO)CS. The standard InChI is InChI=1S/C6H14O2S/c1-8-3-2-6(4-7)5-9/h6-7,9H,2-5H2,1H3. The summed E-state index contributed by atoms with van der Waals surface area (Å²) in [5.74, 6) is 1.04. The van der Waals surface area contributed by atoms with Crippen molar-refractivity contribution in [2.24, 2.45) is 5.92 Å². The van der Waals surface area contributed by atoms with Gasteiger partial charge in [-0.15, -0.1) is 0 Å². The Morgan fingerprint density at radius 1 is 1.67 bits per heavy atom. The Bertz CT molecular complexity index is 55.0. The predicted octanol–water partition coefficient (Wildman–Crippen LogP) is 0.561. The van der Waals surface area contributed by atoms with Crippen LogP contribution in [0, 0.1) is 5.92 Å². The Balaban J connectivity index is 3.09. The summed E-state index contributed by atoms with van der Waals surface area (Å²) in [5.41, 5.74) is 0. The molecule has 0 aromatic carbocycles. The molecule has 0 aromatic heterocycles. The summed E-state index contributed by atoms with van der Waals surface area (Å²) in [6.45, 7) is 0.929. The molecule has 0 amide bonds. The first-order chi connectivity index (χ1) is 4.35. The van der Waals surface area contributed by atoms with E-state index in [0.717, 1.165) is 12.2 Å². The quantitative estimate of drug-likeness (QED) is 0.561. The van der Waals surface area contributed by atoms with Crippen molar-refractivity contribution in [1.29, 1.82) is 0 Å². The number of aliphatic hydroxyl groups is 1. The number of thiol groups is 1. The Kier molecular flexibility index (Phi) is 6.58. The number of hydrogen-bond acceptors (Lipinski definition) is 3. The van der Waals surface area contributed by atoms with E-state index in [0.29, 0.717) is 12.5 Å². The van der Waals surface area contributed by atoms with E-state index in [1.165, 1.54) is 0 Å². The van der Waals surface area contributed by atoms with Gasteiger partial charge in [-0.1, -0.05) is 0 Å². The molecule has 1 N–H and O–H groups in total. The molecular formula is C6H14O2S. The maximum Gasteiger partial charge on any atom is 0.0467 e. The molecule has 0 saturated carbocycles. The van der Waals surface area contributed by atoms with Gasteiger partial charge in [-0.25, -0.2) is 0 Å². The van der Waals surface area contributed by atoms with Crippen LogP contribution in [0.5, 0.6) is 0 Å². The Morgan fingerprint density at radius 2 is 2.33 bits per heavy atom. The van der Waals surface area contributed by atoms with Crippen LogP contribution in [0.1, 0.15) is 6.42 Å². The van der Waals surface area contributed by atoms with Crippen molar-refractivity contribution in [2.75, 3.05) is 26.1 Å². The molecule has 0 saturated heterocycles. The van der Waals surface area contributed by atoms with Gasteiger partial charge in [0.2, 0.25) is 0 Å². The number of rotatable bonds is 5. The molecule has 0 bridgehead atoms. The largest absolute Gasteiger partial charge is 0.396 e. The van der Waals surface area contributed by atoms with E-state index in [1.807, 2.05) is 0 Å². The zero-order valence-electron chi connectivity index (χ0n) is 5.71. The summed E-state index contributed by atoms with van der Waals surface area (Å²) in [6, 6.07) is 0. The molecule has 0 aliphatic rings. The van der Waals surface area contributed by atoms with Crippen molar-refractivity contribution in [2.45, 2.75) is 6.42 Å². The lowest BCUT2D eigenvalue weighted by Crippen LogP contribution is -2.10. The number of ether oxygens (including phenoxy) is 1. The number of hydrogen-bond donors (Lipinski definition) is 2. The van der Waals surface area contributed by atoms with E-state index in [1.54, 1.807) is 7.11 Å². The maximum atomic E-state index is 8.65. The van der Waals surface area contributed by atoms with Crippen LogP contribution in [0.25, 0.3) is 0 Å². The van der Waals surface area contributed by atoms with E-state index in [-0.39, 0.29) is 6.61 Å². The normalized spacial score (nSPS) is 13.7. The average Bonchev–Trinajstić information content (AvgIpc) is 1.91. The molecule has 1 atom stereocenters. The maximum absolute atomic E-state index is 8.65. The Hall–Kier alpha value is 0.270. The summed E-state index contributed by atoms with van der Waals surface area (Å²) in [7, 11) is 1.66. The van der Waals surface area contributed by atoms with E-state index < -0.39 is 0 Å². The van der Waals surface area contributed by atoms with Crippen molar-refractivity contribution >= 4 is 12.6 Å². The van der Waals surface area contributed by atoms with Crippen LogP contribution in [0.2, 0.25) is 0 Å². The van der Waals surface area contributed by atoms with Crippen molar-refractivity contribution in [3.63, 3.8) is 0 Å². The molecule has 0 radical (unpaired) electrons. The summed E-state index contributed by atoms with van der Waals surface area (Å²) in [6.07, 6.45) is 0.899. The lowest BCUT2D eigenvalue weighted by molar-refractivity contribution is 0.156. The van der Waals surface area contributed by atoms with Gasteiger partial charge in [0.05, 0.1) is 0 Å². The monoisotopic (exact) mass is 150 g/mol. The topological polar surface area (TPSA) is 29.5 Å². The van der Waals surface area contributed by atoms with E-state index in [9.17, 15) is 0 Å². The Labute approximate surface area is 61.6 Å². The lowest BCUT2D eigenvalue weighted by Gasteiger charge is -2.08. The van der Waals surface area contributed by atoms with Gasteiger partial charge < -0.3 is 9.84 Å². The summed E-state index contributed by atoms with van der Waals surface area (Å²) >= 11 is 4.05. The number of aliphatic hydroxyl groups excluding tert-OH is 1. The van der Waals surface area contributed by atoms with Gasteiger partial charge in [-0.2, -0.15) is 12.6 Å². The molecule has 0 heterocycles. The fourth-order valence-corrected chi connectivity index (χ4v) is 0.823. The smallest absolute Gasteiger partial charge is 0.0467 e. The Morgan fingerprint density at radius 3 is 2.67 bits per heavy atom. The molecule has 0 rings (SSSR count). The van der Waals surface area contributed by atoms with Crippen LogP contribution >= 0.6 is 12.6 Å². The molecule has 9 heavy (non-hydrogen) atoms. The fourth-order valence-electron chi connectivity index (χ4n) is 0.525. The molecule has 0 aliphatic heterocycles. The summed E-state index contributed by atoms with van der Waals surface area (Å²) < 4.78 is 4.83. The molecule has 0 aliphatic carbocycles. The molecule has 0 aromatic rings. The van der Waals surface area contributed by atoms with Gasteiger partial charge in [-0.05, 0) is 18.1 Å². The first kappa shape index (κ1) is 9.27. The van der Waals surface area contributed by atoms with Gasteiger partial charge in [0.1, 0.15) is 0 Å². The van der Waals surface area contributed by atoms with Crippen molar-refractivity contribution in [3.8, 4) is 0 Å². The van der Waals surface area contributed by atoms with E-state index in [2.05, 4.69) is 12.6 Å². The molecule has 0 fully saturated rings. The zero-order chi connectivity index (χ0) is 7.11. The van der Waals surface area contributed by atoms with Crippen LogP contribution in [0.15, 0.2) is 0 Å². The minimum absolute atomic E-state index is 0.215. The minimum Gasteiger partial charge on any atom is -0.396 e. The summed E-state index contributed by atoms with van der Waals surface area (Å²) in [5, 5.41) is 8.65.